The highest BCUT2D eigenvalue weighted by atomic mass is 32.1. The van der Waals surface area contributed by atoms with Crippen LogP contribution >= 0.6 is 11.3 Å². The number of methoxy groups -OCH3 is 1. The van der Waals surface area contributed by atoms with Crippen molar-refractivity contribution in [2.45, 2.75) is 6.92 Å². The Morgan fingerprint density at radius 3 is 2.68 bits per heavy atom. The van der Waals surface area contributed by atoms with E-state index >= 15 is 0 Å². The fourth-order valence-corrected chi connectivity index (χ4v) is 2.92. The highest BCUT2D eigenvalue weighted by Gasteiger charge is 2.09. The summed E-state index contributed by atoms with van der Waals surface area (Å²) < 4.78 is 10.6. The zero-order valence-electron chi connectivity index (χ0n) is 14.0. The number of aryl methyl sites for hydroxylation is 1. The molecule has 128 valence electrons. The molecule has 1 amide bonds. The molecule has 1 N–H and O–H groups in total. The summed E-state index contributed by atoms with van der Waals surface area (Å²) in [4.78, 5) is 16.5. The van der Waals surface area contributed by atoms with Crippen LogP contribution in [0, 0.1) is 6.92 Å². The molecule has 3 aromatic rings. The van der Waals surface area contributed by atoms with E-state index in [1.165, 1.54) is 16.9 Å². The Morgan fingerprint density at radius 1 is 1.16 bits per heavy atom. The van der Waals surface area contributed by atoms with Crippen molar-refractivity contribution in [3.05, 3.63) is 59.5 Å². The minimum atomic E-state index is -0.257. The fraction of sp³-hybridized carbons (Fsp3) is 0.158. The number of hydrogen-bond acceptors (Lipinski definition) is 5. The summed E-state index contributed by atoms with van der Waals surface area (Å²) in [6.07, 6.45) is 0. The van der Waals surface area contributed by atoms with Crippen LogP contribution < -0.4 is 14.8 Å². The lowest BCUT2D eigenvalue weighted by molar-refractivity contribution is -0.118. The van der Waals surface area contributed by atoms with Crippen molar-refractivity contribution in [2.24, 2.45) is 0 Å². The van der Waals surface area contributed by atoms with Crippen molar-refractivity contribution in [2.75, 3.05) is 19.0 Å². The maximum atomic E-state index is 12.0. The Balaban J connectivity index is 1.57. The van der Waals surface area contributed by atoms with Crippen molar-refractivity contribution >= 4 is 22.4 Å². The molecular weight excluding hydrogens is 336 g/mol. The van der Waals surface area contributed by atoms with Crippen molar-refractivity contribution < 1.29 is 14.3 Å². The maximum absolute atomic E-state index is 12.0. The van der Waals surface area contributed by atoms with Gasteiger partial charge in [0.1, 0.15) is 11.5 Å². The minimum Gasteiger partial charge on any atom is -0.497 e. The fourth-order valence-electron chi connectivity index (χ4n) is 2.18. The van der Waals surface area contributed by atoms with Crippen molar-refractivity contribution in [3.8, 4) is 22.8 Å². The first kappa shape index (κ1) is 17.0. The van der Waals surface area contributed by atoms with Crippen LogP contribution in [0.25, 0.3) is 11.3 Å². The first-order valence-electron chi connectivity index (χ1n) is 7.73. The third kappa shape index (κ3) is 4.58. The van der Waals surface area contributed by atoms with Gasteiger partial charge in [-0.05, 0) is 19.1 Å². The van der Waals surface area contributed by atoms with Crippen LogP contribution in [0.5, 0.6) is 11.5 Å². The van der Waals surface area contributed by atoms with Crippen molar-refractivity contribution in [3.63, 3.8) is 0 Å². The lowest BCUT2D eigenvalue weighted by atomic mass is 10.1. The molecular formula is C19H18N2O3S. The molecule has 5 nitrogen and oxygen atoms in total. The quantitative estimate of drug-likeness (QED) is 0.722. The first-order valence-corrected chi connectivity index (χ1v) is 8.61. The van der Waals surface area contributed by atoms with Gasteiger partial charge in [0.15, 0.2) is 11.7 Å². The van der Waals surface area contributed by atoms with E-state index in [1.54, 1.807) is 25.3 Å². The van der Waals surface area contributed by atoms with Crippen LogP contribution in [0.3, 0.4) is 0 Å². The second kappa shape index (κ2) is 7.81. The van der Waals surface area contributed by atoms with E-state index < -0.39 is 0 Å². The Hall–Kier alpha value is -2.86. The zero-order chi connectivity index (χ0) is 17.6. The van der Waals surface area contributed by atoms with Gasteiger partial charge < -0.3 is 9.47 Å². The molecule has 1 heterocycles. The Morgan fingerprint density at radius 2 is 1.92 bits per heavy atom. The Bertz CT molecular complexity index is 859. The predicted octanol–water partition coefficient (Wildman–Crippen LogP) is 4.14. The highest BCUT2D eigenvalue weighted by Crippen LogP contribution is 2.25. The SMILES string of the molecule is COc1cccc(OCC(=O)Nc2nc(-c3ccc(C)cc3)cs2)c1. The highest BCUT2D eigenvalue weighted by molar-refractivity contribution is 7.14. The summed E-state index contributed by atoms with van der Waals surface area (Å²) in [6, 6.07) is 15.2. The molecule has 0 aliphatic rings. The zero-order valence-corrected chi connectivity index (χ0v) is 14.8. The van der Waals surface area contributed by atoms with Crippen molar-refractivity contribution in [1.29, 1.82) is 0 Å². The molecule has 0 fully saturated rings. The topological polar surface area (TPSA) is 60.5 Å². The molecule has 2 aromatic carbocycles. The number of thiazole rings is 1. The van der Waals surface area contributed by atoms with E-state index in [1.807, 2.05) is 42.6 Å². The van der Waals surface area contributed by atoms with Crippen LogP contribution in [-0.4, -0.2) is 24.6 Å². The molecule has 0 aliphatic carbocycles. The van der Waals surface area contributed by atoms with Crippen LogP contribution in [0.15, 0.2) is 53.9 Å². The lowest BCUT2D eigenvalue weighted by Gasteiger charge is -2.07. The molecule has 0 aliphatic heterocycles. The van der Waals surface area contributed by atoms with E-state index in [9.17, 15) is 4.79 Å². The second-order valence-electron chi connectivity index (χ2n) is 5.42. The molecule has 25 heavy (non-hydrogen) atoms. The largest absolute Gasteiger partial charge is 0.497 e. The van der Waals surface area contributed by atoms with E-state index in [4.69, 9.17) is 9.47 Å². The smallest absolute Gasteiger partial charge is 0.264 e. The number of amides is 1. The van der Waals surface area contributed by atoms with Crippen LogP contribution in [0.4, 0.5) is 5.13 Å². The molecule has 0 radical (unpaired) electrons. The molecule has 0 saturated carbocycles. The van der Waals surface area contributed by atoms with E-state index in [0.717, 1.165) is 11.3 Å². The lowest BCUT2D eigenvalue weighted by Crippen LogP contribution is -2.20. The summed E-state index contributed by atoms with van der Waals surface area (Å²) in [7, 11) is 1.58. The number of aromatic nitrogens is 1. The number of rotatable bonds is 6. The average molecular weight is 354 g/mol. The van der Waals surface area contributed by atoms with E-state index in [2.05, 4.69) is 10.3 Å². The van der Waals surface area contributed by atoms with Gasteiger partial charge in [-0.1, -0.05) is 35.9 Å². The number of nitrogens with zero attached hydrogens (tertiary/aromatic N) is 1. The molecule has 3 rings (SSSR count). The van der Waals surface area contributed by atoms with Crippen LogP contribution in [0.2, 0.25) is 0 Å². The molecule has 0 unspecified atom stereocenters. The summed E-state index contributed by atoms with van der Waals surface area (Å²) >= 11 is 1.39. The second-order valence-corrected chi connectivity index (χ2v) is 6.28. The Kier molecular flexibility index (Phi) is 5.30. The number of carbonyl (C=O) groups excluding carboxylic acids is 1. The summed E-state index contributed by atoms with van der Waals surface area (Å²) in [5, 5.41) is 5.23. The third-order valence-corrected chi connectivity index (χ3v) is 4.27. The number of anilines is 1. The minimum absolute atomic E-state index is 0.0907. The molecule has 0 atom stereocenters. The van der Waals surface area contributed by atoms with E-state index in [0.29, 0.717) is 16.6 Å². The molecule has 1 aromatic heterocycles. The number of benzene rings is 2. The standard InChI is InChI=1S/C19H18N2O3S/c1-13-6-8-14(9-7-13)17-12-25-19(20-17)21-18(22)11-24-16-5-3-4-15(10-16)23-2/h3-10,12H,11H2,1-2H3,(H,20,21,22). The van der Waals surface area contributed by atoms with Crippen molar-refractivity contribution in [1.82, 2.24) is 4.98 Å². The number of hydrogen-bond donors (Lipinski definition) is 1. The van der Waals surface area contributed by atoms with Crippen LogP contribution in [0.1, 0.15) is 5.56 Å². The summed E-state index contributed by atoms with van der Waals surface area (Å²) in [6.45, 7) is 1.95. The van der Waals surface area contributed by atoms with Gasteiger partial charge in [-0.25, -0.2) is 4.98 Å². The van der Waals surface area contributed by atoms with Gasteiger partial charge in [-0.3, -0.25) is 10.1 Å². The third-order valence-electron chi connectivity index (χ3n) is 3.51. The van der Waals surface area contributed by atoms with E-state index in [-0.39, 0.29) is 12.5 Å². The molecule has 6 heteroatoms. The van der Waals surface area contributed by atoms with Gasteiger partial charge in [0.05, 0.1) is 12.8 Å². The number of nitrogens with one attached hydrogen (secondary N) is 1. The average Bonchev–Trinajstić information content (AvgIpc) is 3.09. The summed E-state index contributed by atoms with van der Waals surface area (Å²) in [5.41, 5.74) is 3.06. The van der Waals surface area contributed by atoms with Gasteiger partial charge in [0.2, 0.25) is 0 Å². The predicted molar refractivity (Wildman–Crippen MR) is 99.4 cm³/mol. The molecule has 0 spiro atoms. The van der Waals surface area contributed by atoms with Crippen LogP contribution in [-0.2, 0) is 4.79 Å². The number of ether oxygens (including phenoxy) is 2. The monoisotopic (exact) mass is 354 g/mol. The first-order chi connectivity index (χ1) is 12.1. The van der Waals surface area contributed by atoms with Gasteiger partial charge in [-0.2, -0.15) is 0 Å². The summed E-state index contributed by atoms with van der Waals surface area (Å²) in [5.74, 6) is 1.00. The normalized spacial score (nSPS) is 10.3. The van der Waals surface area contributed by atoms with Gasteiger partial charge in [0, 0.05) is 17.0 Å². The molecule has 0 saturated heterocycles. The maximum Gasteiger partial charge on any atom is 0.264 e. The van der Waals surface area contributed by atoms with Gasteiger partial charge in [-0.15, -0.1) is 11.3 Å². The number of carbonyl (C=O) groups is 1. The molecule has 0 bridgehead atoms. The van der Waals surface area contributed by atoms with Gasteiger partial charge >= 0.3 is 0 Å². The van der Waals surface area contributed by atoms with Gasteiger partial charge in [0.25, 0.3) is 5.91 Å². The Labute approximate surface area is 150 Å².